The van der Waals surface area contributed by atoms with Crippen LogP contribution in [0.25, 0.3) is 28.1 Å². The van der Waals surface area contributed by atoms with E-state index in [1.807, 2.05) is 59.2 Å². The number of imidazole rings is 2. The van der Waals surface area contributed by atoms with Gasteiger partial charge in [0.2, 0.25) is 11.9 Å². The first-order valence-corrected chi connectivity index (χ1v) is 13.3. The lowest BCUT2D eigenvalue weighted by molar-refractivity contribution is -0.140. The first kappa shape index (κ1) is 24.7. The van der Waals surface area contributed by atoms with E-state index in [9.17, 15) is 9.90 Å². The number of nitrogens with zero attached hydrogens (tertiary/aromatic N) is 8. The van der Waals surface area contributed by atoms with Crippen molar-refractivity contribution in [2.75, 3.05) is 44.3 Å². The zero-order chi connectivity index (χ0) is 26.6. The van der Waals surface area contributed by atoms with E-state index in [1.165, 1.54) is 0 Å². The van der Waals surface area contributed by atoms with Crippen molar-refractivity contribution < 1.29 is 14.6 Å². The standard InChI is InChI=1S/C27H34N8O3/c1-16(2)26(37)34-14-18(15-34)13-21-29-22-24(32(21)4)30-27(31-25(22)33-9-11-38-12-10-33)35-20-8-6-5-7-19(20)28-23(35)17(3)36/h5-8,16-18,36H,9-15H2,1-4H3/t17-/m0/s1. The number of para-hydroxylation sites is 2. The fraction of sp³-hybridized carbons (Fsp3) is 0.519. The minimum absolute atomic E-state index is 0.0160. The number of morpholine rings is 1. The summed E-state index contributed by atoms with van der Waals surface area (Å²) in [5.41, 5.74) is 3.10. The average molecular weight is 519 g/mol. The largest absolute Gasteiger partial charge is 0.385 e. The van der Waals surface area contributed by atoms with Gasteiger partial charge in [-0.2, -0.15) is 9.97 Å². The molecule has 6 rings (SSSR count). The molecule has 0 aliphatic carbocycles. The Kier molecular flexibility index (Phi) is 6.27. The Morgan fingerprint density at radius 1 is 1.08 bits per heavy atom. The third-order valence-electron chi connectivity index (χ3n) is 7.49. The zero-order valence-corrected chi connectivity index (χ0v) is 22.3. The number of anilines is 1. The van der Waals surface area contributed by atoms with Gasteiger partial charge < -0.3 is 24.2 Å². The van der Waals surface area contributed by atoms with E-state index >= 15 is 0 Å². The minimum atomic E-state index is -0.800. The number of aryl methyl sites for hydroxylation is 1. The van der Waals surface area contributed by atoms with Crippen molar-refractivity contribution in [2.45, 2.75) is 33.3 Å². The van der Waals surface area contributed by atoms with Gasteiger partial charge in [0.05, 0.1) is 24.2 Å². The van der Waals surface area contributed by atoms with Gasteiger partial charge in [0, 0.05) is 51.5 Å². The molecule has 0 radical (unpaired) electrons. The molecule has 0 saturated carbocycles. The van der Waals surface area contributed by atoms with E-state index in [-0.39, 0.29) is 11.8 Å². The van der Waals surface area contributed by atoms with Crippen molar-refractivity contribution in [1.82, 2.24) is 34.0 Å². The fourth-order valence-electron chi connectivity index (χ4n) is 5.40. The van der Waals surface area contributed by atoms with Crippen molar-refractivity contribution in [3.8, 4) is 5.95 Å². The molecular weight excluding hydrogens is 484 g/mol. The van der Waals surface area contributed by atoms with Gasteiger partial charge in [-0.15, -0.1) is 0 Å². The van der Waals surface area contributed by atoms with Crippen LogP contribution in [0.1, 0.15) is 38.5 Å². The predicted octanol–water partition coefficient (Wildman–Crippen LogP) is 2.25. The van der Waals surface area contributed by atoms with Crippen molar-refractivity contribution in [3.63, 3.8) is 0 Å². The molecule has 0 spiro atoms. The van der Waals surface area contributed by atoms with E-state index < -0.39 is 6.10 Å². The summed E-state index contributed by atoms with van der Waals surface area (Å²) in [5.74, 6) is 3.22. The number of aromatic nitrogens is 6. The first-order chi connectivity index (χ1) is 18.3. The van der Waals surface area contributed by atoms with Crippen LogP contribution in [0.2, 0.25) is 0 Å². The highest BCUT2D eigenvalue weighted by Crippen LogP contribution is 2.31. The number of fused-ring (bicyclic) bond motifs is 2. The van der Waals surface area contributed by atoms with Crippen molar-refractivity contribution in [2.24, 2.45) is 18.9 Å². The second-order valence-electron chi connectivity index (χ2n) is 10.6. The lowest BCUT2D eigenvalue weighted by atomic mass is 9.94. The van der Waals surface area contributed by atoms with Crippen LogP contribution in [-0.2, 0) is 23.0 Å². The maximum Gasteiger partial charge on any atom is 0.239 e. The van der Waals surface area contributed by atoms with Crippen LogP contribution >= 0.6 is 0 Å². The van der Waals surface area contributed by atoms with Gasteiger partial charge in [-0.05, 0) is 19.1 Å². The predicted molar refractivity (Wildman–Crippen MR) is 143 cm³/mol. The van der Waals surface area contributed by atoms with Gasteiger partial charge in [0.25, 0.3) is 0 Å². The molecule has 3 aromatic heterocycles. The number of ether oxygens (including phenoxy) is 1. The van der Waals surface area contributed by atoms with E-state index in [0.29, 0.717) is 44.0 Å². The number of amides is 1. The molecule has 0 bridgehead atoms. The van der Waals surface area contributed by atoms with E-state index in [2.05, 4.69) is 9.88 Å². The molecule has 5 heterocycles. The molecule has 200 valence electrons. The Morgan fingerprint density at radius 2 is 1.82 bits per heavy atom. The lowest BCUT2D eigenvalue weighted by Gasteiger charge is -2.40. The van der Waals surface area contributed by atoms with Gasteiger partial charge in [0.15, 0.2) is 17.0 Å². The van der Waals surface area contributed by atoms with Crippen molar-refractivity contribution in [1.29, 1.82) is 0 Å². The third-order valence-corrected chi connectivity index (χ3v) is 7.49. The number of rotatable bonds is 6. The number of carbonyl (C=O) groups excluding carboxylic acids is 1. The number of hydrogen-bond acceptors (Lipinski definition) is 8. The summed E-state index contributed by atoms with van der Waals surface area (Å²) in [6.07, 6.45) is -0.0368. The topological polar surface area (TPSA) is 114 Å². The molecule has 11 heteroatoms. The number of likely N-dealkylation sites (tertiary alicyclic amines) is 1. The summed E-state index contributed by atoms with van der Waals surface area (Å²) in [4.78, 5) is 36.2. The van der Waals surface area contributed by atoms with Crippen LogP contribution in [0.5, 0.6) is 0 Å². The Hall–Kier alpha value is -3.57. The SMILES string of the molecule is CC(C)C(=O)N1CC(Cc2nc3c(N4CCOCC4)nc(-n4c([C@H](C)O)nc5ccccc54)nc3n2C)C1. The molecule has 1 atom stereocenters. The molecule has 1 N–H and O–H groups in total. The normalized spacial score (nSPS) is 17.5. The molecule has 1 amide bonds. The number of carbonyl (C=O) groups is 1. The molecule has 11 nitrogen and oxygen atoms in total. The molecule has 4 aromatic rings. The second-order valence-corrected chi connectivity index (χ2v) is 10.6. The smallest absolute Gasteiger partial charge is 0.239 e. The molecule has 2 fully saturated rings. The Bertz CT molecular complexity index is 1500. The monoisotopic (exact) mass is 518 g/mol. The quantitative estimate of drug-likeness (QED) is 0.413. The van der Waals surface area contributed by atoms with E-state index in [4.69, 9.17) is 19.7 Å². The van der Waals surface area contributed by atoms with Crippen molar-refractivity contribution in [3.05, 3.63) is 35.9 Å². The fourth-order valence-corrected chi connectivity index (χ4v) is 5.40. The summed E-state index contributed by atoms with van der Waals surface area (Å²) in [5, 5.41) is 10.6. The summed E-state index contributed by atoms with van der Waals surface area (Å²) in [7, 11) is 1.99. The molecule has 2 saturated heterocycles. The number of hydrogen-bond donors (Lipinski definition) is 1. The highest BCUT2D eigenvalue weighted by Gasteiger charge is 2.33. The maximum absolute atomic E-state index is 12.3. The van der Waals surface area contributed by atoms with Gasteiger partial charge in [0.1, 0.15) is 17.8 Å². The van der Waals surface area contributed by atoms with Gasteiger partial charge >= 0.3 is 0 Å². The first-order valence-electron chi connectivity index (χ1n) is 13.3. The Labute approximate surface area is 221 Å². The highest BCUT2D eigenvalue weighted by molar-refractivity contribution is 5.86. The van der Waals surface area contributed by atoms with Gasteiger partial charge in [-0.1, -0.05) is 26.0 Å². The molecular formula is C27H34N8O3. The number of aliphatic hydroxyl groups is 1. The van der Waals surface area contributed by atoms with Gasteiger partial charge in [-0.25, -0.2) is 9.97 Å². The zero-order valence-electron chi connectivity index (χ0n) is 22.3. The van der Waals surface area contributed by atoms with E-state index in [1.54, 1.807) is 6.92 Å². The highest BCUT2D eigenvalue weighted by atomic mass is 16.5. The van der Waals surface area contributed by atoms with Crippen LogP contribution in [0.4, 0.5) is 5.82 Å². The van der Waals surface area contributed by atoms with Crippen LogP contribution in [-0.4, -0.2) is 84.4 Å². The summed E-state index contributed by atoms with van der Waals surface area (Å²) in [6.45, 7) is 9.75. The maximum atomic E-state index is 12.3. The van der Waals surface area contributed by atoms with Crippen LogP contribution in [0, 0.1) is 11.8 Å². The average Bonchev–Trinajstić information content (AvgIpc) is 3.43. The summed E-state index contributed by atoms with van der Waals surface area (Å²) < 4.78 is 9.49. The second kappa shape index (κ2) is 9.63. The third kappa shape index (κ3) is 4.19. The summed E-state index contributed by atoms with van der Waals surface area (Å²) >= 11 is 0. The number of aliphatic hydroxyl groups excluding tert-OH is 1. The molecule has 38 heavy (non-hydrogen) atoms. The molecule has 2 aliphatic heterocycles. The minimum Gasteiger partial charge on any atom is -0.385 e. The van der Waals surface area contributed by atoms with Gasteiger partial charge in [-0.3, -0.25) is 9.36 Å². The van der Waals surface area contributed by atoms with Crippen LogP contribution in [0.3, 0.4) is 0 Å². The Balaban J connectivity index is 1.44. The Morgan fingerprint density at radius 3 is 2.53 bits per heavy atom. The lowest BCUT2D eigenvalue weighted by Crippen LogP contribution is -2.52. The molecule has 1 aromatic carbocycles. The molecule has 2 aliphatic rings. The van der Waals surface area contributed by atoms with Crippen molar-refractivity contribution >= 4 is 33.9 Å². The molecule has 0 unspecified atom stereocenters. The van der Waals surface area contributed by atoms with Crippen LogP contribution < -0.4 is 4.90 Å². The number of benzene rings is 1. The van der Waals surface area contributed by atoms with Crippen LogP contribution in [0.15, 0.2) is 24.3 Å². The summed E-state index contributed by atoms with van der Waals surface area (Å²) in [6, 6.07) is 7.76. The van der Waals surface area contributed by atoms with E-state index in [0.717, 1.165) is 53.3 Å².